The fraction of sp³-hybridized carbons (Fsp3) is 0.379. The first kappa shape index (κ1) is 25.5. The molecular weight excluding hydrogens is 456 g/mol. The van der Waals surface area contributed by atoms with Crippen LogP contribution in [0.3, 0.4) is 0 Å². The van der Waals surface area contributed by atoms with Crippen LogP contribution in [0.25, 0.3) is 5.76 Å². The van der Waals surface area contributed by atoms with E-state index in [2.05, 4.69) is 25.3 Å². The van der Waals surface area contributed by atoms with Crippen LogP contribution in [0, 0.1) is 0 Å². The van der Waals surface area contributed by atoms with Gasteiger partial charge in [0, 0.05) is 25.1 Å². The van der Waals surface area contributed by atoms with Gasteiger partial charge in [-0.05, 0) is 61.5 Å². The number of likely N-dealkylation sites (N-methyl/N-ethyl adjacent to an activating group) is 1. The normalized spacial score (nSPS) is 20.5. The number of ketones is 1. The first-order valence-electron chi connectivity index (χ1n) is 12.5. The molecule has 7 nitrogen and oxygen atoms in total. The fourth-order valence-corrected chi connectivity index (χ4v) is 4.90. The summed E-state index contributed by atoms with van der Waals surface area (Å²) in [6, 6.07) is 12.0. The number of hydrogen-bond acceptors (Lipinski definition) is 6. The molecule has 36 heavy (non-hydrogen) atoms. The van der Waals surface area contributed by atoms with Crippen molar-refractivity contribution in [3.63, 3.8) is 0 Å². The third-order valence-electron chi connectivity index (χ3n) is 6.80. The molecule has 0 bridgehead atoms. The van der Waals surface area contributed by atoms with Gasteiger partial charge in [-0.1, -0.05) is 38.6 Å². The molecule has 2 aromatic carbocycles. The lowest BCUT2D eigenvalue weighted by atomic mass is 9.94. The Labute approximate surface area is 212 Å². The van der Waals surface area contributed by atoms with Crippen molar-refractivity contribution in [1.82, 2.24) is 9.80 Å². The zero-order valence-electron chi connectivity index (χ0n) is 21.2. The molecule has 2 aromatic rings. The Hall–Kier alpha value is -3.58. The molecule has 2 aliphatic heterocycles. The minimum atomic E-state index is -0.726. The van der Waals surface area contributed by atoms with Crippen LogP contribution in [0.2, 0.25) is 0 Å². The summed E-state index contributed by atoms with van der Waals surface area (Å²) in [5, 5.41) is 11.4. The molecule has 0 aliphatic carbocycles. The van der Waals surface area contributed by atoms with Crippen LogP contribution in [-0.2, 0) is 16.0 Å². The van der Waals surface area contributed by atoms with E-state index >= 15 is 0 Å². The highest BCUT2D eigenvalue weighted by Gasteiger charge is 2.46. The summed E-state index contributed by atoms with van der Waals surface area (Å²) >= 11 is 0. The highest BCUT2D eigenvalue weighted by atomic mass is 16.5. The van der Waals surface area contributed by atoms with E-state index in [0.29, 0.717) is 36.6 Å². The molecule has 1 amide bonds. The van der Waals surface area contributed by atoms with Crippen LogP contribution in [0.1, 0.15) is 43.5 Å². The van der Waals surface area contributed by atoms with Crippen molar-refractivity contribution in [3.05, 3.63) is 77.4 Å². The predicted octanol–water partition coefficient (Wildman–Crippen LogP) is 4.34. The van der Waals surface area contributed by atoms with Crippen LogP contribution in [-0.4, -0.2) is 65.5 Å². The van der Waals surface area contributed by atoms with Gasteiger partial charge in [-0.15, -0.1) is 0 Å². The third-order valence-corrected chi connectivity index (χ3v) is 6.80. The molecule has 0 saturated carbocycles. The molecule has 0 radical (unpaired) electrons. The number of carbonyl (C=O) groups is 2. The Morgan fingerprint density at radius 1 is 1.22 bits per heavy atom. The van der Waals surface area contributed by atoms with E-state index in [1.165, 1.54) is 0 Å². The topological polar surface area (TPSA) is 79.3 Å². The largest absolute Gasteiger partial charge is 0.507 e. The van der Waals surface area contributed by atoms with Crippen molar-refractivity contribution in [2.45, 2.75) is 39.3 Å². The summed E-state index contributed by atoms with van der Waals surface area (Å²) in [6.45, 7) is 12.8. The van der Waals surface area contributed by atoms with E-state index in [1.54, 1.807) is 17.0 Å². The lowest BCUT2D eigenvalue weighted by molar-refractivity contribution is -0.140. The molecule has 2 heterocycles. The molecule has 0 spiro atoms. The Morgan fingerprint density at radius 2 is 2.00 bits per heavy atom. The number of fused-ring (bicyclic) bond motifs is 1. The monoisotopic (exact) mass is 490 g/mol. The third kappa shape index (κ3) is 5.02. The average molecular weight is 491 g/mol. The van der Waals surface area contributed by atoms with Crippen LogP contribution in [0.4, 0.5) is 0 Å². The zero-order chi connectivity index (χ0) is 25.8. The Kier molecular flexibility index (Phi) is 7.79. The first-order chi connectivity index (χ1) is 17.4. The molecule has 7 heteroatoms. The number of nitrogens with zero attached hydrogens (tertiary/aromatic N) is 2. The number of amides is 1. The number of Topliss-reactive ketones (excluding diaryl/α,β-unsaturated/α-hetero) is 1. The maximum atomic E-state index is 13.3. The van der Waals surface area contributed by atoms with E-state index in [4.69, 9.17) is 9.47 Å². The minimum Gasteiger partial charge on any atom is -0.507 e. The SMILES string of the molecule is C=CCOc1cccc([C@H]2C(=C(O)c3ccc4c(c3)C[C@@H](C)O4)C(=O)C(=O)N2CCN(CC)CC)c1. The van der Waals surface area contributed by atoms with E-state index in [9.17, 15) is 14.7 Å². The van der Waals surface area contributed by atoms with Crippen molar-refractivity contribution in [2.24, 2.45) is 0 Å². The Bertz CT molecular complexity index is 1180. The first-order valence-corrected chi connectivity index (χ1v) is 12.5. The maximum absolute atomic E-state index is 13.3. The summed E-state index contributed by atoms with van der Waals surface area (Å²) in [7, 11) is 0. The molecule has 2 aliphatic rings. The number of likely N-dealkylation sites (tertiary alicyclic amines) is 1. The minimum absolute atomic E-state index is 0.0568. The van der Waals surface area contributed by atoms with Crippen LogP contribution < -0.4 is 9.47 Å². The van der Waals surface area contributed by atoms with E-state index in [-0.39, 0.29) is 17.4 Å². The van der Waals surface area contributed by atoms with Crippen LogP contribution >= 0.6 is 0 Å². The quantitative estimate of drug-likeness (QED) is 0.231. The van der Waals surface area contributed by atoms with Gasteiger partial charge < -0.3 is 24.4 Å². The Balaban J connectivity index is 1.78. The highest BCUT2D eigenvalue weighted by molar-refractivity contribution is 6.46. The molecule has 2 atom stereocenters. The summed E-state index contributed by atoms with van der Waals surface area (Å²) in [5.41, 5.74) is 2.26. The molecule has 190 valence electrons. The summed E-state index contributed by atoms with van der Waals surface area (Å²) in [4.78, 5) is 30.4. The molecule has 0 unspecified atom stereocenters. The van der Waals surface area contributed by atoms with Gasteiger partial charge in [0.05, 0.1) is 11.6 Å². The molecule has 1 N–H and O–H groups in total. The number of aliphatic hydroxyl groups is 1. The number of carbonyl (C=O) groups excluding carboxylic acids is 2. The van der Waals surface area contributed by atoms with E-state index in [0.717, 1.165) is 30.8 Å². The molecule has 1 fully saturated rings. The zero-order valence-corrected chi connectivity index (χ0v) is 21.2. The number of hydrogen-bond donors (Lipinski definition) is 1. The van der Waals surface area contributed by atoms with Gasteiger partial charge in [0.1, 0.15) is 30.0 Å². The summed E-state index contributed by atoms with van der Waals surface area (Å²) in [6.07, 6.45) is 2.43. The lowest BCUT2D eigenvalue weighted by Crippen LogP contribution is -2.38. The van der Waals surface area contributed by atoms with Crippen LogP contribution in [0.15, 0.2) is 60.7 Å². The second kappa shape index (κ2) is 11.0. The average Bonchev–Trinajstić information content (AvgIpc) is 3.38. The molecule has 4 rings (SSSR count). The van der Waals surface area contributed by atoms with Gasteiger partial charge >= 0.3 is 0 Å². The second-order valence-electron chi connectivity index (χ2n) is 9.15. The standard InChI is InChI=1S/C29H34N2O5/c1-5-15-35-23-10-8-9-20(18-23)26-25(28(33)29(34)31(26)14-13-30(6-2)7-3)27(32)21-11-12-24-22(17-21)16-19(4)36-24/h5,8-12,17-19,26,32H,1,6-7,13-16H2,2-4H3/t19-,26+/m1/s1. The predicted molar refractivity (Wildman–Crippen MR) is 139 cm³/mol. The molecule has 0 aromatic heterocycles. The van der Waals surface area contributed by atoms with Crippen molar-refractivity contribution < 1.29 is 24.2 Å². The van der Waals surface area contributed by atoms with Gasteiger partial charge in [0.25, 0.3) is 11.7 Å². The van der Waals surface area contributed by atoms with Crippen molar-refractivity contribution in [3.8, 4) is 11.5 Å². The van der Waals surface area contributed by atoms with Gasteiger partial charge in [-0.3, -0.25) is 9.59 Å². The van der Waals surface area contributed by atoms with Gasteiger partial charge in [-0.25, -0.2) is 0 Å². The number of aliphatic hydroxyl groups excluding tert-OH is 1. The van der Waals surface area contributed by atoms with E-state index < -0.39 is 17.7 Å². The van der Waals surface area contributed by atoms with E-state index in [1.807, 2.05) is 43.3 Å². The Morgan fingerprint density at radius 3 is 2.72 bits per heavy atom. The van der Waals surface area contributed by atoms with Crippen molar-refractivity contribution in [2.75, 3.05) is 32.8 Å². The van der Waals surface area contributed by atoms with Crippen molar-refractivity contribution in [1.29, 1.82) is 0 Å². The fourth-order valence-electron chi connectivity index (χ4n) is 4.90. The van der Waals surface area contributed by atoms with Crippen molar-refractivity contribution >= 4 is 17.4 Å². The number of rotatable bonds is 10. The van der Waals surface area contributed by atoms with Gasteiger partial charge in [0.2, 0.25) is 0 Å². The molecule has 1 saturated heterocycles. The summed E-state index contributed by atoms with van der Waals surface area (Å²) in [5.74, 6) is -0.0833. The maximum Gasteiger partial charge on any atom is 0.295 e. The molecular formula is C29H34N2O5. The lowest BCUT2D eigenvalue weighted by Gasteiger charge is -2.28. The smallest absolute Gasteiger partial charge is 0.295 e. The van der Waals surface area contributed by atoms with Crippen LogP contribution in [0.5, 0.6) is 11.5 Å². The number of ether oxygens (including phenoxy) is 2. The highest BCUT2D eigenvalue weighted by Crippen LogP contribution is 2.41. The van der Waals surface area contributed by atoms with Gasteiger partial charge in [-0.2, -0.15) is 0 Å². The number of benzene rings is 2. The second-order valence-corrected chi connectivity index (χ2v) is 9.15. The van der Waals surface area contributed by atoms with Gasteiger partial charge in [0.15, 0.2) is 0 Å². The summed E-state index contributed by atoms with van der Waals surface area (Å²) < 4.78 is 11.5.